The van der Waals surface area contributed by atoms with Crippen LogP contribution in [0.4, 0.5) is 0 Å². The van der Waals surface area contributed by atoms with Crippen molar-refractivity contribution in [1.29, 1.82) is 0 Å². The molecule has 0 aromatic rings. The van der Waals surface area contributed by atoms with E-state index in [0.717, 1.165) is 11.8 Å². The molecule has 3 rings (SSSR count). The molecule has 11 heavy (non-hydrogen) atoms. The van der Waals surface area contributed by atoms with E-state index in [0.29, 0.717) is 5.41 Å². The maximum Gasteiger partial charge on any atom is 0.178 e. The van der Waals surface area contributed by atoms with Crippen LogP contribution in [-0.4, -0.2) is 5.78 Å². The minimum Gasteiger partial charge on any atom is -0.290 e. The van der Waals surface area contributed by atoms with Crippen LogP contribution in [0.5, 0.6) is 0 Å². The molecule has 0 aromatic carbocycles. The topological polar surface area (TPSA) is 17.1 Å². The van der Waals surface area contributed by atoms with Crippen molar-refractivity contribution in [2.24, 2.45) is 17.3 Å². The van der Waals surface area contributed by atoms with Gasteiger partial charge in [0.2, 0.25) is 0 Å². The Morgan fingerprint density at radius 1 is 1.18 bits per heavy atom. The molecule has 3 aliphatic carbocycles. The fourth-order valence-corrected chi connectivity index (χ4v) is 2.65. The lowest BCUT2D eigenvalue weighted by molar-refractivity contribution is -0.110. The van der Waals surface area contributed by atoms with Gasteiger partial charge in [-0.3, -0.25) is 4.79 Å². The third-order valence-electron chi connectivity index (χ3n) is 3.52. The molecule has 1 spiro atoms. The Labute approximate surface area is 65.8 Å². The minimum absolute atomic E-state index is 0.155. The lowest BCUT2D eigenvalue weighted by atomic mass is 9.98. The summed E-state index contributed by atoms with van der Waals surface area (Å²) in [5.41, 5.74) is 0.355. The molecule has 2 fully saturated rings. The Hall–Kier alpha value is -0.850. The number of rotatable bonds is 0. The quantitative estimate of drug-likeness (QED) is 0.508. The zero-order chi connectivity index (χ0) is 7.47. The first-order chi connectivity index (χ1) is 5.33. The highest BCUT2D eigenvalue weighted by atomic mass is 16.1. The van der Waals surface area contributed by atoms with Crippen LogP contribution in [0.25, 0.3) is 0 Å². The fourth-order valence-electron chi connectivity index (χ4n) is 2.65. The first-order valence-electron chi connectivity index (χ1n) is 4.25. The Balaban J connectivity index is 1.97. The van der Waals surface area contributed by atoms with Crippen LogP contribution < -0.4 is 0 Å². The van der Waals surface area contributed by atoms with Gasteiger partial charge in [-0.25, -0.2) is 0 Å². The van der Waals surface area contributed by atoms with Crippen molar-refractivity contribution in [3.8, 4) is 0 Å². The third-order valence-corrected chi connectivity index (χ3v) is 3.52. The molecule has 56 valence electrons. The highest BCUT2D eigenvalue weighted by molar-refractivity contribution is 6.00. The third kappa shape index (κ3) is 0.515. The molecule has 0 saturated heterocycles. The highest BCUT2D eigenvalue weighted by Crippen LogP contribution is 2.72. The van der Waals surface area contributed by atoms with Crippen LogP contribution in [0.2, 0.25) is 0 Å². The Kier molecular flexibility index (Phi) is 0.783. The van der Waals surface area contributed by atoms with Gasteiger partial charge in [0.15, 0.2) is 5.78 Å². The van der Waals surface area contributed by atoms with Crippen molar-refractivity contribution >= 4 is 5.78 Å². The maximum absolute atomic E-state index is 10.8. The Morgan fingerprint density at radius 2 is 1.73 bits per heavy atom. The predicted octanol–water partition coefficient (Wildman–Crippen LogP) is 1.71. The second-order valence-corrected chi connectivity index (χ2v) is 3.86. The van der Waals surface area contributed by atoms with Crippen molar-refractivity contribution in [1.82, 2.24) is 0 Å². The van der Waals surface area contributed by atoms with Gasteiger partial charge < -0.3 is 0 Å². The molecule has 3 aliphatic rings. The first-order valence-corrected chi connectivity index (χ1v) is 4.25. The predicted molar refractivity (Wildman–Crippen MR) is 41.9 cm³/mol. The summed E-state index contributed by atoms with van der Waals surface area (Å²) in [5, 5.41) is 0. The van der Waals surface area contributed by atoms with Gasteiger partial charge in [-0.05, 0) is 36.8 Å². The van der Waals surface area contributed by atoms with E-state index in [1.807, 2.05) is 0 Å². The summed E-state index contributed by atoms with van der Waals surface area (Å²) in [7, 11) is 0. The molecule has 0 radical (unpaired) electrons. The van der Waals surface area contributed by atoms with Crippen molar-refractivity contribution in [3.63, 3.8) is 0 Å². The molecular formula is C10H10O. The summed E-state index contributed by atoms with van der Waals surface area (Å²) >= 11 is 0. The van der Waals surface area contributed by atoms with Gasteiger partial charge in [0.05, 0.1) is 0 Å². The molecular weight excluding hydrogens is 136 g/mol. The summed E-state index contributed by atoms with van der Waals surface area (Å²) in [6.07, 6.45) is 10.5. The van der Waals surface area contributed by atoms with Crippen molar-refractivity contribution in [2.45, 2.75) is 12.8 Å². The largest absolute Gasteiger partial charge is 0.290 e. The standard InChI is InChI=1S/C10H10O/c11-7-3-5-10(6-4-7)8-1-2-9(8)10/h3-6,8-9H,1-2H2/t8-,9?/m1/s1. The fraction of sp³-hybridized carbons (Fsp3) is 0.500. The molecule has 2 atom stereocenters. The molecule has 0 bridgehead atoms. The minimum atomic E-state index is 0.155. The molecule has 2 saturated carbocycles. The number of allylic oxidation sites excluding steroid dienone is 4. The van der Waals surface area contributed by atoms with E-state index in [2.05, 4.69) is 12.2 Å². The van der Waals surface area contributed by atoms with Crippen molar-refractivity contribution in [2.75, 3.05) is 0 Å². The molecule has 0 N–H and O–H groups in total. The van der Waals surface area contributed by atoms with Crippen molar-refractivity contribution < 1.29 is 4.79 Å². The molecule has 0 amide bonds. The summed E-state index contributed by atoms with van der Waals surface area (Å²) in [5.74, 6) is 1.94. The molecule has 1 nitrogen and oxygen atoms in total. The van der Waals surface area contributed by atoms with E-state index >= 15 is 0 Å². The Bertz CT molecular complexity index is 257. The number of carbonyl (C=O) groups is 1. The molecule has 0 aliphatic heterocycles. The zero-order valence-corrected chi connectivity index (χ0v) is 6.29. The van der Waals surface area contributed by atoms with Gasteiger partial charge in [-0.15, -0.1) is 0 Å². The highest BCUT2D eigenvalue weighted by Gasteiger charge is 2.66. The van der Waals surface area contributed by atoms with Gasteiger partial charge in [0, 0.05) is 5.41 Å². The first kappa shape index (κ1) is 5.76. The number of carbonyl (C=O) groups excluding carboxylic acids is 1. The van der Waals surface area contributed by atoms with Gasteiger partial charge in [-0.2, -0.15) is 0 Å². The van der Waals surface area contributed by atoms with E-state index < -0.39 is 0 Å². The summed E-state index contributed by atoms with van der Waals surface area (Å²) < 4.78 is 0. The van der Waals surface area contributed by atoms with Gasteiger partial charge in [0.25, 0.3) is 0 Å². The second kappa shape index (κ2) is 1.50. The number of hydrogen-bond acceptors (Lipinski definition) is 1. The van der Waals surface area contributed by atoms with Crippen LogP contribution in [0.1, 0.15) is 12.8 Å². The Morgan fingerprint density at radius 3 is 2.18 bits per heavy atom. The summed E-state index contributed by atoms with van der Waals surface area (Å²) in [6.45, 7) is 0. The average Bonchev–Trinajstić information content (AvgIpc) is 2.36. The van der Waals surface area contributed by atoms with Crippen LogP contribution in [0.15, 0.2) is 24.3 Å². The SMILES string of the molecule is O=C1C=CC2(C=C1)C1CC[C@H]12. The molecule has 0 heterocycles. The molecule has 1 unspecified atom stereocenters. The van der Waals surface area contributed by atoms with Crippen LogP contribution in [-0.2, 0) is 4.79 Å². The summed E-state index contributed by atoms with van der Waals surface area (Å²) in [6, 6.07) is 0. The number of hydrogen-bond donors (Lipinski definition) is 0. The van der Waals surface area contributed by atoms with Gasteiger partial charge in [0.1, 0.15) is 0 Å². The second-order valence-electron chi connectivity index (χ2n) is 3.86. The monoisotopic (exact) mass is 146 g/mol. The lowest BCUT2D eigenvalue weighted by Gasteiger charge is -2.06. The lowest BCUT2D eigenvalue weighted by Crippen LogP contribution is -2.02. The average molecular weight is 146 g/mol. The van der Waals surface area contributed by atoms with Crippen LogP contribution >= 0.6 is 0 Å². The molecule has 0 aromatic heterocycles. The number of ketones is 1. The maximum atomic E-state index is 10.8. The van der Waals surface area contributed by atoms with Gasteiger partial charge in [-0.1, -0.05) is 12.2 Å². The van der Waals surface area contributed by atoms with E-state index in [9.17, 15) is 4.79 Å². The summed E-state index contributed by atoms with van der Waals surface area (Å²) in [4.78, 5) is 10.8. The normalized spacial score (nSPS) is 42.0. The van der Waals surface area contributed by atoms with E-state index in [-0.39, 0.29) is 5.78 Å². The van der Waals surface area contributed by atoms with Crippen LogP contribution in [0, 0.1) is 17.3 Å². The van der Waals surface area contributed by atoms with E-state index in [4.69, 9.17) is 0 Å². The van der Waals surface area contributed by atoms with Gasteiger partial charge >= 0.3 is 0 Å². The molecule has 1 heteroatoms. The van der Waals surface area contributed by atoms with E-state index in [1.54, 1.807) is 12.2 Å². The zero-order valence-electron chi connectivity index (χ0n) is 6.29. The van der Waals surface area contributed by atoms with Crippen LogP contribution in [0.3, 0.4) is 0 Å². The van der Waals surface area contributed by atoms with E-state index in [1.165, 1.54) is 12.8 Å². The van der Waals surface area contributed by atoms with Crippen molar-refractivity contribution in [3.05, 3.63) is 24.3 Å². The number of fused-ring (bicyclic) bond motifs is 3. The smallest absolute Gasteiger partial charge is 0.178 e.